The van der Waals surface area contributed by atoms with Crippen molar-refractivity contribution in [3.05, 3.63) is 36.0 Å². The number of para-hydroxylation sites is 1. The first kappa shape index (κ1) is 15.1. The number of nitrogens with zero attached hydrogens (tertiary/aromatic N) is 2. The molecule has 0 fully saturated rings. The monoisotopic (exact) mass is 288 g/mol. The molecule has 0 saturated carbocycles. The largest absolute Gasteiger partial charge is 0.467 e. The molecule has 0 N–H and O–H groups in total. The molecule has 5 nitrogen and oxygen atoms in total. The molecule has 0 radical (unpaired) electrons. The minimum absolute atomic E-state index is 0.161. The molecule has 5 heteroatoms. The highest BCUT2D eigenvalue weighted by atomic mass is 16.5. The van der Waals surface area contributed by atoms with Crippen LogP contribution in [-0.4, -0.2) is 41.5 Å². The quantitative estimate of drug-likeness (QED) is 0.805. The molecule has 0 aliphatic heterocycles. The molecular formula is C16H20N2O3. The number of carbonyl (C=O) groups is 2. The van der Waals surface area contributed by atoms with Gasteiger partial charge in [0, 0.05) is 44.5 Å². The van der Waals surface area contributed by atoms with Gasteiger partial charge in [0.1, 0.15) is 6.04 Å². The summed E-state index contributed by atoms with van der Waals surface area (Å²) >= 11 is 0. The van der Waals surface area contributed by atoms with Gasteiger partial charge in [0.15, 0.2) is 0 Å². The molecule has 0 aliphatic rings. The zero-order valence-corrected chi connectivity index (χ0v) is 12.8. The second-order valence-electron chi connectivity index (χ2n) is 5.16. The van der Waals surface area contributed by atoms with Crippen LogP contribution in [-0.2, 0) is 27.8 Å². The normalized spacial score (nSPS) is 12.2. The molecule has 0 aliphatic carbocycles. The van der Waals surface area contributed by atoms with Gasteiger partial charge in [-0.3, -0.25) is 4.79 Å². The van der Waals surface area contributed by atoms with Gasteiger partial charge >= 0.3 is 5.97 Å². The molecule has 112 valence electrons. The smallest absolute Gasteiger partial charge is 0.328 e. The van der Waals surface area contributed by atoms with E-state index >= 15 is 0 Å². The molecule has 1 aromatic heterocycles. The van der Waals surface area contributed by atoms with Crippen molar-refractivity contribution in [3.8, 4) is 0 Å². The third-order valence-corrected chi connectivity index (χ3v) is 3.83. The molecule has 2 aromatic rings. The zero-order valence-electron chi connectivity index (χ0n) is 12.8. The van der Waals surface area contributed by atoms with Gasteiger partial charge in [-0.1, -0.05) is 18.2 Å². The molecule has 0 spiro atoms. The van der Waals surface area contributed by atoms with Gasteiger partial charge in [-0.05, 0) is 11.6 Å². The summed E-state index contributed by atoms with van der Waals surface area (Å²) < 4.78 is 6.86. The van der Waals surface area contributed by atoms with Crippen molar-refractivity contribution in [1.29, 1.82) is 0 Å². The van der Waals surface area contributed by atoms with Crippen LogP contribution in [0.3, 0.4) is 0 Å². The number of likely N-dealkylation sites (N-methyl/N-ethyl adjacent to an activating group) is 1. The lowest BCUT2D eigenvalue weighted by molar-refractivity contribution is -0.151. The Bertz CT molecular complexity index is 675. The van der Waals surface area contributed by atoms with E-state index in [1.807, 2.05) is 42.1 Å². The lowest BCUT2D eigenvalue weighted by Gasteiger charge is -2.24. The number of hydrogen-bond donors (Lipinski definition) is 0. The van der Waals surface area contributed by atoms with Gasteiger partial charge in [0.05, 0.1) is 7.11 Å². The Labute approximate surface area is 124 Å². The Hall–Kier alpha value is -2.30. The summed E-state index contributed by atoms with van der Waals surface area (Å²) in [4.78, 5) is 25.0. The van der Waals surface area contributed by atoms with Crippen molar-refractivity contribution in [1.82, 2.24) is 9.47 Å². The highest BCUT2D eigenvalue weighted by Gasteiger charge is 2.27. The van der Waals surface area contributed by atoms with E-state index in [0.29, 0.717) is 6.42 Å². The van der Waals surface area contributed by atoms with Crippen molar-refractivity contribution in [3.63, 3.8) is 0 Å². The van der Waals surface area contributed by atoms with E-state index in [0.717, 1.165) is 16.5 Å². The number of rotatable bonds is 4. The van der Waals surface area contributed by atoms with Crippen LogP contribution >= 0.6 is 0 Å². The summed E-state index contributed by atoms with van der Waals surface area (Å²) in [7, 11) is 4.93. The summed E-state index contributed by atoms with van der Waals surface area (Å²) in [5.41, 5.74) is 2.12. The third-order valence-electron chi connectivity index (χ3n) is 3.83. The van der Waals surface area contributed by atoms with Crippen molar-refractivity contribution in [2.24, 2.45) is 7.05 Å². The van der Waals surface area contributed by atoms with Crippen LogP contribution < -0.4 is 0 Å². The van der Waals surface area contributed by atoms with E-state index < -0.39 is 12.0 Å². The molecule has 2 rings (SSSR count). The highest BCUT2D eigenvalue weighted by molar-refractivity contribution is 5.87. The third kappa shape index (κ3) is 2.91. The number of aryl methyl sites for hydroxylation is 1. The van der Waals surface area contributed by atoms with E-state index in [9.17, 15) is 9.59 Å². The number of ether oxygens (including phenoxy) is 1. The fraction of sp³-hybridized carbons (Fsp3) is 0.375. The van der Waals surface area contributed by atoms with Gasteiger partial charge in [-0.15, -0.1) is 0 Å². The minimum Gasteiger partial charge on any atom is -0.467 e. The lowest BCUT2D eigenvalue weighted by atomic mass is 10.0. The van der Waals surface area contributed by atoms with Gasteiger partial charge in [-0.2, -0.15) is 0 Å². The fourth-order valence-corrected chi connectivity index (χ4v) is 2.53. The zero-order chi connectivity index (χ0) is 15.6. The number of fused-ring (bicyclic) bond motifs is 1. The van der Waals surface area contributed by atoms with Crippen molar-refractivity contribution in [2.75, 3.05) is 14.2 Å². The summed E-state index contributed by atoms with van der Waals surface area (Å²) in [5, 5.41) is 1.09. The number of esters is 1. The molecule has 0 saturated heterocycles. The fourth-order valence-electron chi connectivity index (χ4n) is 2.53. The lowest BCUT2D eigenvalue weighted by Crippen LogP contribution is -2.43. The minimum atomic E-state index is -0.613. The van der Waals surface area contributed by atoms with Crippen LogP contribution in [0.2, 0.25) is 0 Å². The van der Waals surface area contributed by atoms with Crippen LogP contribution in [0, 0.1) is 0 Å². The molecule has 1 atom stereocenters. The summed E-state index contributed by atoms with van der Waals surface area (Å²) in [6, 6.07) is 7.38. The van der Waals surface area contributed by atoms with Gasteiger partial charge < -0.3 is 14.2 Å². The maximum atomic E-state index is 12.0. The molecule has 0 bridgehead atoms. The number of aromatic nitrogens is 1. The Morgan fingerprint density at radius 2 is 2.00 bits per heavy atom. The van der Waals surface area contributed by atoms with Crippen LogP contribution in [0.5, 0.6) is 0 Å². The Morgan fingerprint density at radius 3 is 2.62 bits per heavy atom. The predicted molar refractivity (Wildman–Crippen MR) is 80.9 cm³/mol. The van der Waals surface area contributed by atoms with Crippen LogP contribution in [0.4, 0.5) is 0 Å². The summed E-state index contributed by atoms with van der Waals surface area (Å²) in [6.45, 7) is 1.44. The molecular weight excluding hydrogens is 268 g/mol. The second-order valence-corrected chi connectivity index (χ2v) is 5.16. The number of hydrogen-bond acceptors (Lipinski definition) is 3. The molecule has 21 heavy (non-hydrogen) atoms. The maximum absolute atomic E-state index is 12.0. The molecule has 1 aromatic carbocycles. The SMILES string of the molecule is COC(=O)C(Cc1cn(C)c2ccccc12)N(C)C(C)=O. The van der Waals surface area contributed by atoms with Crippen molar-refractivity contribution in [2.45, 2.75) is 19.4 Å². The Kier molecular flexibility index (Phi) is 4.31. The van der Waals surface area contributed by atoms with Gasteiger partial charge in [-0.25, -0.2) is 4.79 Å². The number of carbonyl (C=O) groups excluding carboxylic acids is 2. The standard InChI is InChI=1S/C16H20N2O3/c1-11(19)18(3)15(16(20)21-4)9-12-10-17(2)14-8-6-5-7-13(12)14/h5-8,10,15H,9H2,1-4H3. The average molecular weight is 288 g/mol. The van der Waals surface area contributed by atoms with Crippen molar-refractivity contribution < 1.29 is 14.3 Å². The molecule has 1 amide bonds. The predicted octanol–water partition coefficient (Wildman–Crippen LogP) is 1.74. The topological polar surface area (TPSA) is 51.5 Å². The number of methoxy groups -OCH3 is 1. The highest BCUT2D eigenvalue weighted by Crippen LogP contribution is 2.22. The van der Waals surface area contributed by atoms with Crippen LogP contribution in [0.15, 0.2) is 30.5 Å². The first-order chi connectivity index (χ1) is 9.95. The summed E-state index contributed by atoms with van der Waals surface area (Å²) in [6.07, 6.45) is 2.43. The van der Waals surface area contributed by atoms with E-state index in [4.69, 9.17) is 4.74 Å². The Morgan fingerprint density at radius 1 is 1.33 bits per heavy atom. The van der Waals surface area contributed by atoms with E-state index in [-0.39, 0.29) is 5.91 Å². The maximum Gasteiger partial charge on any atom is 0.328 e. The first-order valence-electron chi connectivity index (χ1n) is 6.80. The van der Waals surface area contributed by atoms with E-state index in [1.54, 1.807) is 7.05 Å². The van der Waals surface area contributed by atoms with E-state index in [1.165, 1.54) is 18.9 Å². The summed E-state index contributed by atoms with van der Waals surface area (Å²) in [5.74, 6) is -0.564. The number of benzene rings is 1. The van der Waals surface area contributed by atoms with Crippen molar-refractivity contribution >= 4 is 22.8 Å². The van der Waals surface area contributed by atoms with Gasteiger partial charge in [0.25, 0.3) is 0 Å². The number of amides is 1. The van der Waals surface area contributed by atoms with Crippen LogP contribution in [0.25, 0.3) is 10.9 Å². The van der Waals surface area contributed by atoms with E-state index in [2.05, 4.69) is 0 Å². The molecule has 1 unspecified atom stereocenters. The average Bonchev–Trinajstić information content (AvgIpc) is 2.80. The van der Waals surface area contributed by atoms with Crippen LogP contribution in [0.1, 0.15) is 12.5 Å². The Balaban J connectivity index is 2.39. The second kappa shape index (κ2) is 5.99. The first-order valence-corrected chi connectivity index (χ1v) is 6.80. The van der Waals surface area contributed by atoms with Gasteiger partial charge in [0.2, 0.25) is 5.91 Å². The molecule has 1 heterocycles.